The fourth-order valence-corrected chi connectivity index (χ4v) is 6.15. The van der Waals surface area contributed by atoms with Gasteiger partial charge in [0, 0.05) is 0 Å². The van der Waals surface area contributed by atoms with E-state index in [1.54, 1.807) is 5.56 Å². The van der Waals surface area contributed by atoms with Crippen molar-refractivity contribution in [1.82, 2.24) is 0 Å². The zero-order valence-electron chi connectivity index (χ0n) is 12.9. The second kappa shape index (κ2) is 4.34. The van der Waals surface area contributed by atoms with Gasteiger partial charge in [0.1, 0.15) is 0 Å². The Morgan fingerprint density at radius 3 is 2.45 bits per heavy atom. The molecule has 4 aliphatic carbocycles. The lowest BCUT2D eigenvalue weighted by Crippen LogP contribution is -2.54. The minimum atomic E-state index is 0.498. The zero-order valence-corrected chi connectivity index (χ0v) is 12.9. The zero-order chi connectivity index (χ0) is 13.9. The molecular weight excluding hydrogens is 242 g/mol. The molecule has 1 heteroatoms. The van der Waals surface area contributed by atoms with Crippen LogP contribution in [-0.4, -0.2) is 6.54 Å². The Hall–Kier alpha value is -0.820. The van der Waals surface area contributed by atoms with Gasteiger partial charge in [0.15, 0.2) is 0 Å². The molecule has 2 N–H and O–H groups in total. The van der Waals surface area contributed by atoms with E-state index >= 15 is 0 Å². The molecule has 0 aliphatic heterocycles. The maximum Gasteiger partial charge on any atom is -0.00361 e. The van der Waals surface area contributed by atoms with Crippen molar-refractivity contribution in [2.24, 2.45) is 29.4 Å². The van der Waals surface area contributed by atoms with Gasteiger partial charge in [-0.2, -0.15) is 0 Å². The van der Waals surface area contributed by atoms with Crippen LogP contribution in [0, 0.1) is 37.5 Å². The molecule has 4 saturated carbocycles. The molecule has 0 aromatic heterocycles. The minimum absolute atomic E-state index is 0.498. The van der Waals surface area contributed by atoms with Gasteiger partial charge in [0.2, 0.25) is 0 Å². The third-order valence-electron chi connectivity index (χ3n) is 6.71. The van der Waals surface area contributed by atoms with Crippen LogP contribution in [0.25, 0.3) is 0 Å². The van der Waals surface area contributed by atoms with Crippen molar-refractivity contribution < 1.29 is 0 Å². The van der Waals surface area contributed by atoms with E-state index in [2.05, 4.69) is 32.0 Å². The molecule has 0 amide bonds. The lowest BCUT2D eigenvalue weighted by molar-refractivity contribution is -0.0526. The van der Waals surface area contributed by atoms with E-state index in [4.69, 9.17) is 5.73 Å². The summed E-state index contributed by atoms with van der Waals surface area (Å²) in [6, 6.07) is 7.09. The van der Waals surface area contributed by atoms with Crippen molar-refractivity contribution in [3.8, 4) is 0 Å². The van der Waals surface area contributed by atoms with E-state index in [0.717, 1.165) is 30.2 Å². The van der Waals surface area contributed by atoms with Crippen molar-refractivity contribution in [2.75, 3.05) is 6.54 Å². The van der Waals surface area contributed by atoms with Gasteiger partial charge >= 0.3 is 0 Å². The molecule has 108 valence electrons. The van der Waals surface area contributed by atoms with Gasteiger partial charge in [-0.15, -0.1) is 0 Å². The first-order chi connectivity index (χ1) is 9.61. The molecule has 2 unspecified atom stereocenters. The summed E-state index contributed by atoms with van der Waals surface area (Å²) in [5, 5.41) is 0. The molecule has 4 aliphatic rings. The average Bonchev–Trinajstić information content (AvgIpc) is 2.41. The molecule has 20 heavy (non-hydrogen) atoms. The van der Waals surface area contributed by atoms with Crippen LogP contribution < -0.4 is 5.73 Å². The summed E-state index contributed by atoms with van der Waals surface area (Å²) < 4.78 is 0. The first-order valence-corrected chi connectivity index (χ1v) is 8.39. The molecule has 2 atom stereocenters. The van der Waals surface area contributed by atoms with Gasteiger partial charge in [-0.1, -0.05) is 23.8 Å². The number of hydrogen-bond donors (Lipinski definition) is 1. The lowest BCUT2D eigenvalue weighted by atomic mass is 9.44. The molecule has 0 radical (unpaired) electrons. The fourth-order valence-electron chi connectivity index (χ4n) is 6.15. The normalized spacial score (nSPS) is 42.1. The van der Waals surface area contributed by atoms with E-state index in [-0.39, 0.29) is 0 Å². The largest absolute Gasteiger partial charge is 0.330 e. The van der Waals surface area contributed by atoms with Crippen molar-refractivity contribution in [3.63, 3.8) is 0 Å². The molecule has 1 nitrogen and oxygen atoms in total. The molecule has 0 heterocycles. The van der Waals surface area contributed by atoms with Gasteiger partial charge in [-0.05, 0) is 92.7 Å². The van der Waals surface area contributed by atoms with E-state index in [9.17, 15) is 0 Å². The molecule has 1 aromatic carbocycles. The van der Waals surface area contributed by atoms with Crippen LogP contribution in [0.4, 0.5) is 0 Å². The maximum absolute atomic E-state index is 6.09. The Morgan fingerprint density at radius 2 is 1.80 bits per heavy atom. The third kappa shape index (κ3) is 1.72. The maximum atomic E-state index is 6.09. The molecular formula is C19H27N. The van der Waals surface area contributed by atoms with Crippen LogP contribution in [0.15, 0.2) is 18.2 Å². The second-order valence-corrected chi connectivity index (χ2v) is 7.97. The number of hydrogen-bond acceptors (Lipinski definition) is 1. The smallest absolute Gasteiger partial charge is 0.00361 e. The minimum Gasteiger partial charge on any atom is -0.330 e. The Bertz CT molecular complexity index is 517. The number of benzene rings is 1. The number of nitrogens with two attached hydrogens (primary N) is 1. The van der Waals surface area contributed by atoms with Crippen molar-refractivity contribution in [3.05, 3.63) is 34.9 Å². The number of aryl methyl sites for hydroxylation is 2. The third-order valence-corrected chi connectivity index (χ3v) is 6.71. The second-order valence-electron chi connectivity index (χ2n) is 7.97. The number of rotatable bonds is 2. The first-order valence-electron chi connectivity index (χ1n) is 8.39. The van der Waals surface area contributed by atoms with Gasteiger partial charge in [0.25, 0.3) is 0 Å². The summed E-state index contributed by atoms with van der Waals surface area (Å²) in [7, 11) is 0. The Kier molecular flexibility index (Phi) is 2.79. The van der Waals surface area contributed by atoms with Crippen LogP contribution >= 0.6 is 0 Å². The average molecular weight is 269 g/mol. The first kappa shape index (κ1) is 12.9. The summed E-state index contributed by atoms with van der Waals surface area (Å²) in [6.45, 7) is 5.48. The summed E-state index contributed by atoms with van der Waals surface area (Å²) in [5.41, 5.74) is 11.2. The predicted octanol–water partition coefficient (Wildman–Crippen LogP) is 3.96. The quantitative estimate of drug-likeness (QED) is 0.864. The van der Waals surface area contributed by atoms with E-state index in [1.165, 1.54) is 43.2 Å². The van der Waals surface area contributed by atoms with Crippen LogP contribution in [0.2, 0.25) is 0 Å². The summed E-state index contributed by atoms with van der Waals surface area (Å²) in [5.74, 6) is 3.62. The van der Waals surface area contributed by atoms with Crippen molar-refractivity contribution in [2.45, 2.75) is 51.4 Å². The topological polar surface area (TPSA) is 26.0 Å². The van der Waals surface area contributed by atoms with Gasteiger partial charge in [-0.3, -0.25) is 0 Å². The highest BCUT2D eigenvalue weighted by Gasteiger charge is 2.55. The lowest BCUT2D eigenvalue weighted by Gasteiger charge is -2.60. The Balaban J connectivity index is 1.77. The summed E-state index contributed by atoms with van der Waals surface area (Å²) >= 11 is 0. The van der Waals surface area contributed by atoms with Crippen LogP contribution in [0.1, 0.15) is 48.8 Å². The molecule has 4 fully saturated rings. The highest BCUT2D eigenvalue weighted by molar-refractivity contribution is 5.39. The fraction of sp³-hybridized carbons (Fsp3) is 0.684. The van der Waals surface area contributed by atoms with E-state index < -0.39 is 0 Å². The summed E-state index contributed by atoms with van der Waals surface area (Å²) in [6.07, 6.45) is 7.19. The van der Waals surface area contributed by atoms with E-state index in [1.807, 2.05) is 0 Å². The molecule has 4 bridgehead atoms. The summed E-state index contributed by atoms with van der Waals surface area (Å²) in [4.78, 5) is 0. The molecule has 0 saturated heterocycles. The highest BCUT2D eigenvalue weighted by atomic mass is 14.7. The molecule has 0 spiro atoms. The van der Waals surface area contributed by atoms with E-state index in [0.29, 0.717) is 5.41 Å². The van der Waals surface area contributed by atoms with Crippen LogP contribution in [0.3, 0.4) is 0 Å². The highest BCUT2D eigenvalue weighted by Crippen LogP contribution is 2.62. The Labute approximate surface area is 122 Å². The van der Waals surface area contributed by atoms with Gasteiger partial charge < -0.3 is 5.73 Å². The predicted molar refractivity (Wildman–Crippen MR) is 83.7 cm³/mol. The standard InChI is InChI=1S/C19H27N/c1-12-3-4-13(2)18(5-12)19-8-14-6-15(9-19)17(11-20)16(7-14)10-19/h3-5,14-17H,6-11,20H2,1-2H3. The SMILES string of the molecule is Cc1ccc(C)c(C23CC4CC(C2)C(CN)C(C4)C3)c1. The van der Waals surface area contributed by atoms with Crippen LogP contribution in [0.5, 0.6) is 0 Å². The Morgan fingerprint density at radius 1 is 1.10 bits per heavy atom. The van der Waals surface area contributed by atoms with Crippen LogP contribution in [-0.2, 0) is 5.41 Å². The van der Waals surface area contributed by atoms with Gasteiger partial charge in [0.05, 0.1) is 0 Å². The molecule has 1 aromatic rings. The van der Waals surface area contributed by atoms with Crippen molar-refractivity contribution in [1.29, 1.82) is 0 Å². The van der Waals surface area contributed by atoms with Gasteiger partial charge in [-0.25, -0.2) is 0 Å². The monoisotopic (exact) mass is 269 g/mol. The van der Waals surface area contributed by atoms with Crippen molar-refractivity contribution >= 4 is 0 Å². The molecule has 5 rings (SSSR count).